The minimum atomic E-state index is -0.0440. The van der Waals surface area contributed by atoms with Gasteiger partial charge in [-0.15, -0.1) is 0 Å². The Bertz CT molecular complexity index is 493. The first-order valence-electron chi connectivity index (χ1n) is 7.41. The summed E-state index contributed by atoms with van der Waals surface area (Å²) in [5.74, 6) is 1.08. The topological polar surface area (TPSA) is 41.6 Å². The Morgan fingerprint density at radius 1 is 1.25 bits per heavy atom. The van der Waals surface area contributed by atoms with Crippen LogP contribution >= 0.6 is 0 Å². The van der Waals surface area contributed by atoms with Crippen LogP contribution < -0.4 is 10.1 Å². The van der Waals surface area contributed by atoms with Crippen LogP contribution in [0.5, 0.6) is 5.75 Å². The lowest BCUT2D eigenvalue weighted by Gasteiger charge is -2.38. The molecule has 0 aromatic heterocycles. The Labute approximate surface area is 120 Å². The molecule has 3 rings (SSSR count). The number of fused-ring (bicyclic) bond motifs is 1. The maximum absolute atomic E-state index is 12.8. The SMILES string of the molecule is C[C@@H]1CN(C(=O)[C@@H]2CCOc3ccccc32)C[C@H](C)N1. The molecular formula is C16H22N2O2. The summed E-state index contributed by atoms with van der Waals surface area (Å²) >= 11 is 0. The van der Waals surface area contributed by atoms with Crippen molar-refractivity contribution >= 4 is 5.91 Å². The highest BCUT2D eigenvalue weighted by Gasteiger charge is 2.33. The summed E-state index contributed by atoms with van der Waals surface area (Å²) in [5, 5.41) is 3.47. The molecule has 0 bridgehead atoms. The summed E-state index contributed by atoms with van der Waals surface area (Å²) in [7, 11) is 0. The van der Waals surface area contributed by atoms with Crippen molar-refractivity contribution in [3.05, 3.63) is 29.8 Å². The van der Waals surface area contributed by atoms with Crippen LogP contribution in [0.2, 0.25) is 0 Å². The lowest BCUT2D eigenvalue weighted by molar-refractivity contribution is -0.135. The number of ether oxygens (including phenoxy) is 1. The first-order valence-corrected chi connectivity index (χ1v) is 7.41. The summed E-state index contributed by atoms with van der Waals surface area (Å²) < 4.78 is 5.65. The molecule has 1 amide bonds. The fraction of sp³-hybridized carbons (Fsp3) is 0.562. The Kier molecular flexibility index (Phi) is 3.66. The lowest BCUT2D eigenvalue weighted by atomic mass is 9.91. The number of nitrogens with zero attached hydrogens (tertiary/aromatic N) is 1. The fourth-order valence-corrected chi connectivity index (χ4v) is 3.33. The van der Waals surface area contributed by atoms with E-state index >= 15 is 0 Å². The number of rotatable bonds is 1. The second-order valence-corrected chi connectivity index (χ2v) is 5.94. The van der Waals surface area contributed by atoms with Crippen molar-refractivity contribution in [3.63, 3.8) is 0 Å². The number of para-hydroxylation sites is 1. The average Bonchev–Trinajstić information content (AvgIpc) is 2.45. The van der Waals surface area contributed by atoms with Crippen molar-refractivity contribution in [1.82, 2.24) is 10.2 Å². The van der Waals surface area contributed by atoms with Gasteiger partial charge in [0.1, 0.15) is 5.75 Å². The number of piperazine rings is 1. The molecule has 1 N–H and O–H groups in total. The van der Waals surface area contributed by atoms with E-state index in [1.807, 2.05) is 29.2 Å². The van der Waals surface area contributed by atoms with Crippen LogP contribution in [-0.2, 0) is 4.79 Å². The first-order chi connectivity index (χ1) is 9.65. The Morgan fingerprint density at radius 3 is 2.70 bits per heavy atom. The average molecular weight is 274 g/mol. The van der Waals surface area contributed by atoms with Crippen molar-refractivity contribution in [3.8, 4) is 5.75 Å². The van der Waals surface area contributed by atoms with Crippen LogP contribution in [0.3, 0.4) is 0 Å². The van der Waals surface area contributed by atoms with E-state index < -0.39 is 0 Å². The van der Waals surface area contributed by atoms with Gasteiger partial charge in [-0.25, -0.2) is 0 Å². The van der Waals surface area contributed by atoms with Crippen LogP contribution in [0.4, 0.5) is 0 Å². The Morgan fingerprint density at radius 2 is 1.95 bits per heavy atom. The molecular weight excluding hydrogens is 252 g/mol. The molecule has 0 saturated carbocycles. The molecule has 20 heavy (non-hydrogen) atoms. The van der Waals surface area contributed by atoms with Crippen LogP contribution in [-0.4, -0.2) is 42.6 Å². The molecule has 2 heterocycles. The molecule has 108 valence electrons. The summed E-state index contributed by atoms with van der Waals surface area (Å²) in [6.07, 6.45) is 0.780. The zero-order valence-electron chi connectivity index (χ0n) is 12.1. The van der Waals surface area contributed by atoms with Crippen molar-refractivity contribution in [2.24, 2.45) is 0 Å². The molecule has 3 atom stereocenters. The largest absolute Gasteiger partial charge is 0.493 e. The van der Waals surface area contributed by atoms with Gasteiger partial charge in [-0.05, 0) is 26.3 Å². The van der Waals surface area contributed by atoms with Gasteiger partial charge < -0.3 is 15.0 Å². The molecule has 0 aliphatic carbocycles. The zero-order chi connectivity index (χ0) is 14.1. The zero-order valence-corrected chi connectivity index (χ0v) is 12.1. The third-order valence-electron chi connectivity index (χ3n) is 4.13. The van der Waals surface area contributed by atoms with Gasteiger partial charge in [0.2, 0.25) is 5.91 Å². The smallest absolute Gasteiger partial charge is 0.230 e. The number of amides is 1. The minimum Gasteiger partial charge on any atom is -0.493 e. The van der Waals surface area contributed by atoms with Crippen molar-refractivity contribution in [2.45, 2.75) is 38.3 Å². The molecule has 1 aromatic carbocycles. The van der Waals surface area contributed by atoms with E-state index in [1.165, 1.54) is 0 Å². The number of hydrogen-bond donors (Lipinski definition) is 1. The fourth-order valence-electron chi connectivity index (χ4n) is 3.33. The van der Waals surface area contributed by atoms with E-state index in [-0.39, 0.29) is 11.8 Å². The van der Waals surface area contributed by atoms with E-state index in [4.69, 9.17) is 4.74 Å². The number of carbonyl (C=O) groups excluding carboxylic acids is 1. The number of nitrogens with one attached hydrogen (secondary N) is 1. The third-order valence-corrected chi connectivity index (χ3v) is 4.13. The van der Waals surface area contributed by atoms with Gasteiger partial charge in [0.05, 0.1) is 12.5 Å². The number of hydrogen-bond acceptors (Lipinski definition) is 3. The quantitative estimate of drug-likeness (QED) is 0.848. The molecule has 0 radical (unpaired) electrons. The standard InChI is InChI=1S/C16H22N2O2/c1-11-9-18(10-12(2)17-11)16(19)14-7-8-20-15-6-4-3-5-13(14)15/h3-6,11-12,14,17H,7-10H2,1-2H3/t11-,12+,14-/m1/s1. The molecule has 1 saturated heterocycles. The summed E-state index contributed by atoms with van der Waals surface area (Å²) in [6.45, 7) is 6.48. The summed E-state index contributed by atoms with van der Waals surface area (Å²) in [6, 6.07) is 8.64. The molecule has 4 nitrogen and oxygen atoms in total. The van der Waals surface area contributed by atoms with Gasteiger partial charge in [0.25, 0.3) is 0 Å². The second-order valence-electron chi connectivity index (χ2n) is 5.94. The van der Waals surface area contributed by atoms with Crippen molar-refractivity contribution in [2.75, 3.05) is 19.7 Å². The van der Waals surface area contributed by atoms with Gasteiger partial charge in [-0.1, -0.05) is 18.2 Å². The predicted molar refractivity (Wildman–Crippen MR) is 77.9 cm³/mol. The molecule has 4 heteroatoms. The molecule has 2 aliphatic rings. The van der Waals surface area contributed by atoms with Crippen LogP contribution in [0.1, 0.15) is 31.7 Å². The van der Waals surface area contributed by atoms with Gasteiger partial charge in [-0.2, -0.15) is 0 Å². The van der Waals surface area contributed by atoms with E-state index in [0.717, 1.165) is 30.8 Å². The lowest BCUT2D eigenvalue weighted by Crippen LogP contribution is -2.56. The molecule has 0 unspecified atom stereocenters. The van der Waals surface area contributed by atoms with Gasteiger partial charge in [0, 0.05) is 30.7 Å². The van der Waals surface area contributed by atoms with E-state index in [1.54, 1.807) is 0 Å². The monoisotopic (exact) mass is 274 g/mol. The van der Waals surface area contributed by atoms with E-state index in [0.29, 0.717) is 18.7 Å². The summed E-state index contributed by atoms with van der Waals surface area (Å²) in [4.78, 5) is 14.9. The Hall–Kier alpha value is -1.55. The summed E-state index contributed by atoms with van der Waals surface area (Å²) in [5.41, 5.74) is 1.04. The van der Waals surface area contributed by atoms with Crippen LogP contribution in [0, 0.1) is 0 Å². The van der Waals surface area contributed by atoms with Crippen LogP contribution in [0.15, 0.2) is 24.3 Å². The molecule has 1 aromatic rings. The first kappa shape index (κ1) is 13.4. The number of benzene rings is 1. The number of carbonyl (C=O) groups is 1. The second kappa shape index (κ2) is 5.44. The third kappa shape index (κ3) is 2.52. The van der Waals surface area contributed by atoms with Crippen molar-refractivity contribution in [1.29, 1.82) is 0 Å². The van der Waals surface area contributed by atoms with Gasteiger partial charge >= 0.3 is 0 Å². The predicted octanol–water partition coefficient (Wildman–Crippen LogP) is 1.76. The highest BCUT2D eigenvalue weighted by Crippen LogP contribution is 2.34. The molecule has 2 aliphatic heterocycles. The maximum Gasteiger partial charge on any atom is 0.230 e. The van der Waals surface area contributed by atoms with Gasteiger partial charge in [0.15, 0.2) is 0 Å². The normalized spacial score (nSPS) is 29.5. The highest BCUT2D eigenvalue weighted by molar-refractivity contribution is 5.85. The van der Waals surface area contributed by atoms with Crippen molar-refractivity contribution < 1.29 is 9.53 Å². The van der Waals surface area contributed by atoms with E-state index in [2.05, 4.69) is 19.2 Å². The van der Waals surface area contributed by atoms with Gasteiger partial charge in [-0.3, -0.25) is 4.79 Å². The van der Waals surface area contributed by atoms with E-state index in [9.17, 15) is 4.79 Å². The molecule has 1 fully saturated rings. The minimum absolute atomic E-state index is 0.0440. The molecule has 0 spiro atoms. The Balaban J connectivity index is 1.81. The maximum atomic E-state index is 12.8. The van der Waals surface area contributed by atoms with Crippen LogP contribution in [0.25, 0.3) is 0 Å². The highest BCUT2D eigenvalue weighted by atomic mass is 16.5.